The highest BCUT2D eigenvalue weighted by atomic mass is 15.3. The van der Waals surface area contributed by atoms with Crippen LogP contribution < -0.4 is 5.43 Å². The van der Waals surface area contributed by atoms with Gasteiger partial charge in [0.05, 0.1) is 11.8 Å². The molecule has 1 aromatic rings. The lowest BCUT2D eigenvalue weighted by Gasteiger charge is -2.32. The van der Waals surface area contributed by atoms with Crippen molar-refractivity contribution in [2.75, 3.05) is 0 Å². The Hall–Kier alpha value is -1.83. The van der Waals surface area contributed by atoms with E-state index in [1.165, 1.54) is 36.0 Å². The van der Waals surface area contributed by atoms with Crippen LogP contribution in [-0.4, -0.2) is 5.71 Å². The maximum Gasteiger partial charge on any atom is 0.0745 e. The molecule has 23 heavy (non-hydrogen) atoms. The van der Waals surface area contributed by atoms with Crippen molar-refractivity contribution in [2.24, 2.45) is 10.5 Å². The summed E-state index contributed by atoms with van der Waals surface area (Å²) in [6.07, 6.45) is 9.32. The van der Waals surface area contributed by atoms with Crippen LogP contribution >= 0.6 is 0 Å². The molecule has 2 aliphatic rings. The minimum Gasteiger partial charge on any atom is -0.302 e. The minimum atomic E-state index is 0.293. The summed E-state index contributed by atoms with van der Waals surface area (Å²) in [6, 6.07) is 9.00. The number of rotatable bonds is 3. The van der Waals surface area contributed by atoms with Crippen LogP contribution in [0.2, 0.25) is 0 Å². The molecule has 3 rings (SSSR count). The third kappa shape index (κ3) is 3.57. The van der Waals surface area contributed by atoms with Gasteiger partial charge in [-0.3, -0.25) is 0 Å². The second kappa shape index (κ2) is 6.35. The Morgan fingerprint density at radius 3 is 2.78 bits per heavy atom. The van der Waals surface area contributed by atoms with Gasteiger partial charge in [0.2, 0.25) is 0 Å². The van der Waals surface area contributed by atoms with Gasteiger partial charge in [-0.2, -0.15) is 5.10 Å². The topological polar surface area (TPSA) is 24.4 Å². The van der Waals surface area contributed by atoms with E-state index in [2.05, 4.69) is 74.6 Å². The van der Waals surface area contributed by atoms with Crippen molar-refractivity contribution in [1.29, 1.82) is 0 Å². The average molecular weight is 308 g/mol. The van der Waals surface area contributed by atoms with Crippen LogP contribution in [0.4, 0.5) is 0 Å². The Morgan fingerprint density at radius 2 is 2.04 bits per heavy atom. The second-order valence-corrected chi connectivity index (χ2v) is 7.67. The number of benzene rings is 1. The molecule has 1 atom stereocenters. The molecule has 0 bridgehead atoms. The van der Waals surface area contributed by atoms with E-state index in [-0.39, 0.29) is 0 Å². The third-order valence-corrected chi connectivity index (χ3v) is 5.21. The van der Waals surface area contributed by atoms with E-state index >= 15 is 0 Å². The first-order valence-electron chi connectivity index (χ1n) is 8.73. The van der Waals surface area contributed by atoms with Crippen molar-refractivity contribution < 1.29 is 0 Å². The van der Waals surface area contributed by atoms with Crippen LogP contribution in [0, 0.1) is 12.3 Å². The van der Waals surface area contributed by atoms with E-state index in [1.807, 2.05) is 0 Å². The molecular formula is C21H28N2. The number of aryl methyl sites for hydroxylation is 1. The van der Waals surface area contributed by atoms with E-state index in [0.717, 1.165) is 12.1 Å². The van der Waals surface area contributed by atoms with Crippen LogP contribution in [0.5, 0.6) is 0 Å². The highest BCUT2D eigenvalue weighted by molar-refractivity contribution is 5.96. The lowest BCUT2D eigenvalue weighted by Crippen LogP contribution is -2.19. The van der Waals surface area contributed by atoms with Gasteiger partial charge in [-0.25, -0.2) is 0 Å². The molecule has 0 radical (unpaired) electrons. The molecule has 122 valence electrons. The minimum absolute atomic E-state index is 0.293. The summed E-state index contributed by atoms with van der Waals surface area (Å²) in [4.78, 5) is 0. The van der Waals surface area contributed by atoms with Crippen molar-refractivity contribution >= 4 is 5.71 Å². The number of hydrazone groups is 1. The fourth-order valence-corrected chi connectivity index (χ4v) is 3.84. The average Bonchev–Trinajstić information content (AvgIpc) is 2.95. The Kier molecular flexibility index (Phi) is 4.43. The molecule has 0 saturated carbocycles. The second-order valence-electron chi connectivity index (χ2n) is 7.67. The first-order chi connectivity index (χ1) is 11.0. The lowest BCUT2D eigenvalue weighted by molar-refractivity contribution is 0.377. The molecule has 1 aliphatic carbocycles. The number of hydrogen-bond donors (Lipinski definition) is 1. The summed E-state index contributed by atoms with van der Waals surface area (Å²) >= 11 is 0. The van der Waals surface area contributed by atoms with Gasteiger partial charge < -0.3 is 5.43 Å². The molecule has 2 heteroatoms. The predicted molar refractivity (Wildman–Crippen MR) is 98.6 cm³/mol. The maximum atomic E-state index is 4.54. The Labute approximate surface area is 140 Å². The zero-order valence-electron chi connectivity index (χ0n) is 14.8. The van der Waals surface area contributed by atoms with Gasteiger partial charge in [-0.1, -0.05) is 55.3 Å². The molecular weight excluding hydrogens is 280 g/mol. The molecule has 0 amide bonds. The smallest absolute Gasteiger partial charge is 0.0745 e. The Morgan fingerprint density at radius 1 is 1.22 bits per heavy atom. The van der Waals surface area contributed by atoms with Crippen molar-refractivity contribution in [1.82, 2.24) is 5.43 Å². The molecule has 1 aliphatic heterocycles. The van der Waals surface area contributed by atoms with E-state index in [1.54, 1.807) is 5.57 Å². The lowest BCUT2D eigenvalue weighted by atomic mass is 9.72. The van der Waals surface area contributed by atoms with Gasteiger partial charge in [-0.05, 0) is 55.7 Å². The fourth-order valence-electron chi connectivity index (χ4n) is 3.84. The van der Waals surface area contributed by atoms with Crippen molar-refractivity contribution in [3.05, 3.63) is 58.7 Å². The summed E-state index contributed by atoms with van der Waals surface area (Å²) in [5.41, 5.74) is 10.4. The number of allylic oxidation sites excluding steroid dienone is 4. The molecule has 0 spiro atoms. The van der Waals surface area contributed by atoms with E-state index in [0.29, 0.717) is 11.5 Å². The van der Waals surface area contributed by atoms with Crippen LogP contribution in [-0.2, 0) is 0 Å². The molecule has 2 nitrogen and oxygen atoms in total. The van der Waals surface area contributed by atoms with Gasteiger partial charge >= 0.3 is 0 Å². The number of nitrogens with zero attached hydrogens (tertiary/aromatic N) is 1. The van der Waals surface area contributed by atoms with E-state index in [4.69, 9.17) is 0 Å². The highest BCUT2D eigenvalue weighted by Gasteiger charge is 2.27. The monoisotopic (exact) mass is 308 g/mol. The fraction of sp³-hybridized carbons (Fsp3) is 0.476. The molecule has 0 fully saturated rings. The zero-order chi connectivity index (χ0) is 16.4. The van der Waals surface area contributed by atoms with Crippen LogP contribution in [0.25, 0.3) is 0 Å². The largest absolute Gasteiger partial charge is 0.302 e. The molecule has 0 aromatic heterocycles. The first-order valence-corrected chi connectivity index (χ1v) is 8.73. The third-order valence-electron chi connectivity index (χ3n) is 5.21. The van der Waals surface area contributed by atoms with Gasteiger partial charge in [-0.15, -0.1) is 0 Å². The van der Waals surface area contributed by atoms with Crippen LogP contribution in [0.3, 0.4) is 0 Å². The Bertz CT molecular complexity index is 677. The predicted octanol–water partition coefficient (Wildman–Crippen LogP) is 5.47. The molecule has 1 heterocycles. The van der Waals surface area contributed by atoms with Crippen molar-refractivity contribution in [2.45, 2.75) is 59.4 Å². The van der Waals surface area contributed by atoms with Crippen LogP contribution in [0.1, 0.15) is 63.6 Å². The summed E-state index contributed by atoms with van der Waals surface area (Å²) in [5.74, 6) is 0. The van der Waals surface area contributed by atoms with E-state index < -0.39 is 0 Å². The maximum absolute atomic E-state index is 4.54. The molecule has 0 saturated heterocycles. The highest BCUT2D eigenvalue weighted by Crippen LogP contribution is 2.40. The van der Waals surface area contributed by atoms with Gasteiger partial charge in [0.25, 0.3) is 0 Å². The van der Waals surface area contributed by atoms with Crippen molar-refractivity contribution in [3.63, 3.8) is 0 Å². The zero-order valence-corrected chi connectivity index (χ0v) is 14.8. The normalized spacial score (nSPS) is 24.0. The summed E-state index contributed by atoms with van der Waals surface area (Å²) in [6.45, 7) is 9.14. The quantitative estimate of drug-likeness (QED) is 0.787. The van der Waals surface area contributed by atoms with E-state index in [9.17, 15) is 0 Å². The van der Waals surface area contributed by atoms with Gasteiger partial charge in [0.1, 0.15) is 0 Å². The van der Waals surface area contributed by atoms with Crippen LogP contribution in [0.15, 0.2) is 52.7 Å². The number of hydrogen-bond acceptors (Lipinski definition) is 2. The van der Waals surface area contributed by atoms with Crippen molar-refractivity contribution in [3.8, 4) is 0 Å². The summed E-state index contributed by atoms with van der Waals surface area (Å²) < 4.78 is 0. The standard InChI is InChI=1S/C21H28N2/c1-15-7-5-9-17(13-15)20-14-18(22-23-20)10-11-19-16(2)8-6-12-21(19,3)4/h5,7,9-11,13,20,23H,6,8,12,14H2,1-4H3/b11-10+. The number of nitrogens with one attached hydrogen (secondary N) is 1. The first kappa shape index (κ1) is 16.0. The molecule has 1 N–H and O–H groups in total. The molecule has 1 unspecified atom stereocenters. The summed E-state index contributed by atoms with van der Waals surface area (Å²) in [7, 11) is 0. The summed E-state index contributed by atoms with van der Waals surface area (Å²) in [5, 5.41) is 4.54. The SMILES string of the molecule is CC1=C(/C=C/C2=NNC(c3cccc(C)c3)C2)C(C)(C)CCC1. The Balaban J connectivity index is 1.70. The molecule has 1 aromatic carbocycles. The van der Waals surface area contributed by atoms with Gasteiger partial charge in [0, 0.05) is 6.42 Å². The van der Waals surface area contributed by atoms with Gasteiger partial charge in [0.15, 0.2) is 0 Å².